The predicted octanol–water partition coefficient (Wildman–Crippen LogP) is 7.04. The molecule has 2 unspecified atom stereocenters. The van der Waals surface area contributed by atoms with Gasteiger partial charge < -0.3 is 4.84 Å². The monoisotopic (exact) mass is 586 g/mol. The Morgan fingerprint density at radius 3 is 2.29 bits per heavy atom. The smallest absolute Gasteiger partial charge is 0.374 e. The molecule has 200 valence electrons. The number of oxime groups is 1. The summed E-state index contributed by atoms with van der Waals surface area (Å²) in [7, 11) is -1.80. The Balaban J connectivity index is 1.56. The van der Waals surface area contributed by atoms with Crippen molar-refractivity contribution in [3.05, 3.63) is 98.3 Å². The van der Waals surface area contributed by atoms with E-state index in [4.69, 9.17) is 28.0 Å². The number of hydrogen-bond donors (Lipinski definition) is 1. The van der Waals surface area contributed by atoms with Crippen LogP contribution < -0.4 is 4.72 Å². The number of alkyl halides is 3. The molecule has 1 heterocycles. The fraction of sp³-hybridized carbons (Fsp3) is 0.231. The van der Waals surface area contributed by atoms with Gasteiger partial charge in [-0.15, -0.1) is 0 Å². The summed E-state index contributed by atoms with van der Waals surface area (Å²) in [6.07, 6.45) is -4.87. The molecule has 2 atom stereocenters. The Hall–Kier alpha value is -2.95. The minimum atomic E-state index is -4.95. The van der Waals surface area contributed by atoms with Crippen LogP contribution in [-0.2, 0) is 27.8 Å². The average Bonchev–Trinajstić information content (AvgIpc) is 3.34. The summed E-state index contributed by atoms with van der Waals surface area (Å²) in [6.45, 7) is 3.57. The van der Waals surface area contributed by atoms with Crippen LogP contribution in [0.25, 0.3) is 0 Å². The number of hydrogen-bond acceptors (Lipinski definition) is 4. The molecule has 0 aromatic heterocycles. The van der Waals surface area contributed by atoms with Crippen LogP contribution in [-0.4, -0.2) is 22.0 Å². The molecular weight excluding hydrogens is 567 g/mol. The Morgan fingerprint density at radius 1 is 1.11 bits per heavy atom. The molecule has 0 bridgehead atoms. The van der Waals surface area contributed by atoms with Crippen molar-refractivity contribution < 1.29 is 31.4 Å². The molecule has 0 fully saturated rings. The molecular formula is C26H20Cl2F4N2O3S. The lowest BCUT2D eigenvalue weighted by Gasteiger charge is -2.29. The van der Waals surface area contributed by atoms with Crippen LogP contribution in [0.15, 0.2) is 64.6 Å². The average molecular weight is 587 g/mol. The fourth-order valence-corrected chi connectivity index (χ4v) is 5.26. The predicted molar refractivity (Wildman–Crippen MR) is 137 cm³/mol. The van der Waals surface area contributed by atoms with E-state index in [9.17, 15) is 26.6 Å². The van der Waals surface area contributed by atoms with Crippen molar-refractivity contribution in [2.24, 2.45) is 5.16 Å². The zero-order valence-electron chi connectivity index (χ0n) is 20.0. The van der Waals surface area contributed by atoms with Gasteiger partial charge in [-0.25, -0.2) is 8.60 Å². The number of rotatable bonds is 6. The molecule has 1 amide bonds. The van der Waals surface area contributed by atoms with E-state index in [1.807, 2.05) is 19.1 Å². The maximum atomic E-state index is 14.2. The van der Waals surface area contributed by atoms with E-state index in [1.165, 1.54) is 18.2 Å². The van der Waals surface area contributed by atoms with Crippen LogP contribution in [0.5, 0.6) is 0 Å². The van der Waals surface area contributed by atoms with Gasteiger partial charge in [0, 0.05) is 17.5 Å². The summed E-state index contributed by atoms with van der Waals surface area (Å²) in [4.78, 5) is 18.1. The first-order valence-corrected chi connectivity index (χ1v) is 13.2. The first-order valence-electron chi connectivity index (χ1n) is 11.3. The highest BCUT2D eigenvalue weighted by atomic mass is 35.5. The molecule has 1 aliphatic rings. The van der Waals surface area contributed by atoms with Crippen molar-refractivity contribution in [1.29, 1.82) is 0 Å². The Labute approximate surface area is 228 Å². The fourth-order valence-electron chi connectivity index (χ4n) is 3.99. The van der Waals surface area contributed by atoms with Gasteiger partial charge in [0.05, 0.1) is 20.7 Å². The second-order valence-corrected chi connectivity index (χ2v) is 10.6. The third-order valence-electron chi connectivity index (χ3n) is 6.17. The van der Waals surface area contributed by atoms with Gasteiger partial charge in [0.25, 0.3) is 11.5 Å². The number of aryl methyl sites for hydroxylation is 2. The highest BCUT2D eigenvalue weighted by Gasteiger charge is 2.62. The van der Waals surface area contributed by atoms with Gasteiger partial charge >= 0.3 is 6.18 Å². The van der Waals surface area contributed by atoms with Crippen molar-refractivity contribution in [2.45, 2.75) is 43.4 Å². The van der Waals surface area contributed by atoms with Crippen LogP contribution in [0.2, 0.25) is 10.0 Å². The Bertz CT molecular complexity index is 1440. The number of halogens is 6. The highest BCUT2D eigenvalue weighted by Crippen LogP contribution is 2.50. The first kappa shape index (κ1) is 28.1. The van der Waals surface area contributed by atoms with Crippen LogP contribution in [0.1, 0.15) is 46.0 Å². The SMILES string of the molecule is CCc1ccc(S(=O)NC(=O)c2ccc(C3=NOC(c4cc(Cl)c(F)c(Cl)c4)(C(F)(F)F)C3)cc2C)cc1. The number of nitrogens with one attached hydrogen (secondary N) is 1. The van der Waals surface area contributed by atoms with Crippen molar-refractivity contribution in [3.8, 4) is 0 Å². The molecule has 3 aromatic carbocycles. The normalized spacial score (nSPS) is 18.1. The van der Waals surface area contributed by atoms with E-state index >= 15 is 0 Å². The van der Waals surface area contributed by atoms with Gasteiger partial charge in [-0.3, -0.25) is 9.52 Å². The zero-order chi connectivity index (χ0) is 27.8. The lowest BCUT2D eigenvalue weighted by molar-refractivity contribution is -0.275. The van der Waals surface area contributed by atoms with Crippen LogP contribution >= 0.6 is 23.2 Å². The topological polar surface area (TPSA) is 67.8 Å². The molecule has 0 saturated heterocycles. The van der Waals surface area contributed by atoms with Gasteiger partial charge in [0.1, 0.15) is 0 Å². The number of carbonyl (C=O) groups excluding carboxylic acids is 1. The second kappa shape index (κ2) is 10.7. The van der Waals surface area contributed by atoms with E-state index in [2.05, 4.69) is 9.88 Å². The molecule has 0 saturated carbocycles. The second-order valence-electron chi connectivity index (χ2n) is 8.61. The molecule has 0 spiro atoms. The number of nitrogens with zero attached hydrogens (tertiary/aromatic N) is 1. The Morgan fingerprint density at radius 2 is 1.74 bits per heavy atom. The van der Waals surface area contributed by atoms with Gasteiger partial charge in [0.15, 0.2) is 16.8 Å². The van der Waals surface area contributed by atoms with Crippen LogP contribution in [0, 0.1) is 12.7 Å². The molecule has 0 aliphatic carbocycles. The highest BCUT2D eigenvalue weighted by molar-refractivity contribution is 7.83. The molecule has 1 aliphatic heterocycles. The molecule has 5 nitrogen and oxygen atoms in total. The lowest BCUT2D eigenvalue weighted by Crippen LogP contribution is -2.42. The van der Waals surface area contributed by atoms with E-state index in [1.54, 1.807) is 19.1 Å². The number of amides is 1. The maximum absolute atomic E-state index is 14.2. The third-order valence-corrected chi connectivity index (χ3v) is 7.79. The van der Waals surface area contributed by atoms with Crippen LogP contribution in [0.4, 0.5) is 17.6 Å². The standard InChI is InChI=1S/C26H20Cl2F4N2O3S/c1-3-15-4-7-18(8-5-15)38(36)34-24(35)19-9-6-16(10-14(19)2)22-13-25(37-33-22,26(30,31)32)17-11-20(27)23(29)21(28)12-17/h4-12H,3,13H2,1-2H3,(H,34,35). The van der Waals surface area contributed by atoms with Crippen LogP contribution in [0.3, 0.4) is 0 Å². The summed E-state index contributed by atoms with van der Waals surface area (Å²) < 4.78 is 71.6. The molecule has 0 radical (unpaired) electrons. The van der Waals surface area contributed by atoms with Gasteiger partial charge in [-0.1, -0.05) is 53.5 Å². The molecule has 38 heavy (non-hydrogen) atoms. The van der Waals surface area contributed by atoms with Gasteiger partial charge in [-0.05, 0) is 66.4 Å². The maximum Gasteiger partial charge on any atom is 0.435 e. The third kappa shape index (κ3) is 5.30. The summed E-state index contributed by atoms with van der Waals surface area (Å²) in [6, 6.07) is 12.9. The van der Waals surface area contributed by atoms with E-state index < -0.39 is 56.5 Å². The quantitative estimate of drug-likeness (QED) is 0.249. The van der Waals surface area contributed by atoms with Crippen molar-refractivity contribution >= 4 is 45.8 Å². The molecule has 4 rings (SSSR count). The van der Waals surface area contributed by atoms with Crippen molar-refractivity contribution in [1.82, 2.24) is 4.72 Å². The Kier molecular flexibility index (Phi) is 7.88. The molecule has 3 aromatic rings. The van der Waals surface area contributed by atoms with E-state index in [0.29, 0.717) is 10.5 Å². The molecule has 12 heteroatoms. The minimum absolute atomic E-state index is 0.0476. The first-order chi connectivity index (χ1) is 17.9. The van der Waals surface area contributed by atoms with Gasteiger partial charge in [-0.2, -0.15) is 13.2 Å². The summed E-state index contributed by atoms with van der Waals surface area (Å²) in [5.74, 6) is -1.66. The lowest BCUT2D eigenvalue weighted by atomic mass is 9.86. The summed E-state index contributed by atoms with van der Waals surface area (Å²) >= 11 is 11.5. The minimum Gasteiger partial charge on any atom is -0.374 e. The number of carbonyl (C=O) groups is 1. The number of benzene rings is 3. The van der Waals surface area contributed by atoms with E-state index in [-0.39, 0.29) is 16.8 Å². The van der Waals surface area contributed by atoms with E-state index in [0.717, 1.165) is 24.1 Å². The summed E-state index contributed by atoms with van der Waals surface area (Å²) in [5, 5.41) is 2.50. The van der Waals surface area contributed by atoms with Crippen molar-refractivity contribution in [2.75, 3.05) is 0 Å². The van der Waals surface area contributed by atoms with Crippen molar-refractivity contribution in [3.63, 3.8) is 0 Å². The molecule has 1 N–H and O–H groups in total. The zero-order valence-corrected chi connectivity index (χ0v) is 22.3. The summed E-state index contributed by atoms with van der Waals surface area (Å²) in [5.41, 5.74) is -1.54. The van der Waals surface area contributed by atoms with Gasteiger partial charge in [0.2, 0.25) is 0 Å². The largest absolute Gasteiger partial charge is 0.435 e.